The third-order valence-corrected chi connectivity index (χ3v) is 0.349. The van der Waals surface area contributed by atoms with E-state index in [1.54, 1.807) is 0 Å². The predicted molar refractivity (Wildman–Crippen MR) is 59.4 cm³/mol. The summed E-state index contributed by atoms with van der Waals surface area (Å²) in [6.07, 6.45) is 0.750. The van der Waals surface area contributed by atoms with Gasteiger partial charge in [0.25, 0.3) is 0 Å². The van der Waals surface area contributed by atoms with Gasteiger partial charge in [-0.15, -0.1) is 0 Å². The number of nitrogens with two attached hydrogens (primary N) is 2. The number of carbonyl (C=O) groups excluding carboxylic acids is 1. The molecule has 0 aromatic heterocycles. The monoisotopic (exact) mass is 242 g/mol. The van der Waals surface area contributed by atoms with Crippen LogP contribution < -0.4 is 11.5 Å². The van der Waals surface area contributed by atoms with E-state index in [2.05, 4.69) is 11.5 Å². The van der Waals surface area contributed by atoms with Crippen LogP contribution in [0, 0.1) is 0 Å². The second kappa shape index (κ2) is 29.3. The molecule has 0 fully saturated rings. The van der Waals surface area contributed by atoms with E-state index in [0.717, 1.165) is 6.29 Å². The summed E-state index contributed by atoms with van der Waals surface area (Å²) in [5.41, 5.74) is 9.14. The summed E-state index contributed by atoms with van der Waals surface area (Å²) in [6, 6.07) is 0. The van der Waals surface area contributed by atoms with Crippen LogP contribution in [-0.2, 0) is 14.4 Å². The molecular weight excluding hydrogens is 226 g/mol. The molecule has 9 heteroatoms. The molecule has 0 aromatic rings. The van der Waals surface area contributed by atoms with Crippen molar-refractivity contribution in [3.63, 3.8) is 0 Å². The average molecular weight is 242 g/mol. The van der Waals surface area contributed by atoms with E-state index in [9.17, 15) is 9.59 Å². The van der Waals surface area contributed by atoms with Crippen molar-refractivity contribution >= 4 is 77.3 Å². The number of hydrogen-bond acceptors (Lipinski definition) is 5. The van der Waals surface area contributed by atoms with Crippen molar-refractivity contribution in [2.45, 2.75) is 6.92 Å². The zero-order valence-corrected chi connectivity index (χ0v) is 7.27. The Bertz CT molecular complexity index is 142. The van der Waals surface area contributed by atoms with E-state index >= 15 is 0 Å². The molecule has 82 valence electrons. The van der Waals surface area contributed by atoms with Gasteiger partial charge in [0.05, 0.1) is 13.1 Å². The van der Waals surface area contributed by atoms with Crippen molar-refractivity contribution in [3.8, 4) is 0 Å². The van der Waals surface area contributed by atoms with Gasteiger partial charge in [-0.1, -0.05) is 0 Å². The van der Waals surface area contributed by atoms with Crippen LogP contribution in [-0.4, -0.2) is 101 Å². The fraction of sp³-hybridized carbons (Fsp3) is 0.500. The molecule has 0 unspecified atom stereocenters. The van der Waals surface area contributed by atoms with Crippen molar-refractivity contribution in [2.75, 3.05) is 13.1 Å². The van der Waals surface area contributed by atoms with Crippen LogP contribution in [0.2, 0.25) is 0 Å². The molecule has 0 aliphatic carbocycles. The molecule has 0 aliphatic heterocycles. The molecule has 0 amide bonds. The van der Waals surface area contributed by atoms with E-state index in [1.807, 2.05) is 0 Å². The van der Waals surface area contributed by atoms with Crippen molar-refractivity contribution in [3.05, 3.63) is 0 Å². The zero-order chi connectivity index (χ0) is 11.3. The Balaban J connectivity index is -0.0000000322. The summed E-state index contributed by atoms with van der Waals surface area (Å²) in [5, 5.41) is 15.2. The molecule has 15 heavy (non-hydrogen) atoms. The normalized spacial score (nSPS) is 5.80. The third-order valence-electron chi connectivity index (χ3n) is 0.349. The van der Waals surface area contributed by atoms with Gasteiger partial charge >= 0.3 is 71.1 Å². The molecule has 0 saturated carbocycles. The Labute approximate surface area is 132 Å². The van der Waals surface area contributed by atoms with Crippen molar-refractivity contribution in [1.82, 2.24) is 0 Å². The summed E-state index contributed by atoms with van der Waals surface area (Å²) >= 11 is 0. The topological polar surface area (TPSA) is 144 Å². The van der Waals surface area contributed by atoms with E-state index in [1.165, 1.54) is 6.92 Å². The zero-order valence-electron chi connectivity index (χ0n) is 7.27. The Morgan fingerprint density at radius 3 is 1.13 bits per heavy atom. The quantitative estimate of drug-likeness (QED) is 0.297. The fourth-order valence-corrected chi connectivity index (χ4v) is 0. The third kappa shape index (κ3) is 111. The van der Waals surface area contributed by atoms with Gasteiger partial charge < -0.3 is 26.5 Å². The maximum absolute atomic E-state index is 9.24. The molecule has 0 aliphatic rings. The van der Waals surface area contributed by atoms with Gasteiger partial charge in [-0.25, -0.2) is 0 Å². The van der Waals surface area contributed by atoms with Crippen LogP contribution in [0.4, 0.5) is 0 Å². The Morgan fingerprint density at radius 1 is 1.07 bits per heavy atom. The molecule has 0 heterocycles. The van der Waals surface area contributed by atoms with E-state index in [0.29, 0.717) is 0 Å². The van der Waals surface area contributed by atoms with Crippen LogP contribution in [0.25, 0.3) is 0 Å². The van der Waals surface area contributed by atoms with Crippen molar-refractivity contribution in [1.29, 1.82) is 0 Å². The van der Waals surface area contributed by atoms with Gasteiger partial charge in [-0.2, -0.15) is 0 Å². The van der Waals surface area contributed by atoms with Gasteiger partial charge in [-0.3, -0.25) is 9.59 Å². The Hall–Kier alpha value is 0.530. The Kier molecular flexibility index (Phi) is 57.7. The van der Waals surface area contributed by atoms with Crippen LogP contribution >= 0.6 is 0 Å². The standard InChI is InChI=1S/2C2H5NO2.C2H4O.2Na.2H/c2*3-1-2(4)5;1-2-3;;;;/h2*1,3H2,(H,4,5);2H,1H3;;;;. The van der Waals surface area contributed by atoms with E-state index < -0.39 is 11.9 Å². The number of rotatable bonds is 2. The summed E-state index contributed by atoms with van der Waals surface area (Å²) in [5.74, 6) is -1.94. The number of aliphatic carboxylic acids is 2. The van der Waals surface area contributed by atoms with Gasteiger partial charge in [-0.05, 0) is 6.92 Å². The number of aldehydes is 1. The molecule has 0 aromatic carbocycles. The molecule has 0 saturated heterocycles. The van der Waals surface area contributed by atoms with Crippen LogP contribution in [0.1, 0.15) is 6.92 Å². The van der Waals surface area contributed by atoms with Crippen LogP contribution in [0.5, 0.6) is 0 Å². The van der Waals surface area contributed by atoms with Gasteiger partial charge in [0.1, 0.15) is 6.29 Å². The summed E-state index contributed by atoms with van der Waals surface area (Å²) < 4.78 is 0. The summed E-state index contributed by atoms with van der Waals surface area (Å²) in [6.45, 7) is 0.889. The van der Waals surface area contributed by atoms with Crippen LogP contribution in [0.15, 0.2) is 0 Å². The Morgan fingerprint density at radius 2 is 1.13 bits per heavy atom. The SMILES string of the molecule is CC=O.NCC(=O)O.NCC(=O)O.[NaH].[NaH]. The molecule has 0 rings (SSSR count). The van der Waals surface area contributed by atoms with Crippen molar-refractivity contribution < 1.29 is 24.6 Å². The van der Waals surface area contributed by atoms with Gasteiger partial charge in [0.2, 0.25) is 0 Å². The maximum atomic E-state index is 9.24. The average Bonchev–Trinajstić information content (AvgIpc) is 2.07. The number of carboxylic acids is 2. The first kappa shape index (κ1) is 29.6. The minimum absolute atomic E-state index is 0. The number of carboxylic acid groups (broad SMARTS) is 2. The molecule has 0 atom stereocenters. The van der Waals surface area contributed by atoms with Gasteiger partial charge in [0.15, 0.2) is 0 Å². The first-order valence-electron chi connectivity index (χ1n) is 3.19. The minimum atomic E-state index is -0.968. The molecule has 7 nitrogen and oxygen atoms in total. The first-order valence-corrected chi connectivity index (χ1v) is 3.19. The molecule has 0 bridgehead atoms. The number of hydrogen-bond donors (Lipinski definition) is 4. The van der Waals surface area contributed by atoms with E-state index in [-0.39, 0.29) is 72.2 Å². The van der Waals surface area contributed by atoms with Gasteiger partial charge in [0, 0.05) is 0 Å². The molecular formula is C6H16N2Na2O5. The van der Waals surface area contributed by atoms with E-state index in [4.69, 9.17) is 15.0 Å². The molecule has 6 N–H and O–H groups in total. The second-order valence-corrected chi connectivity index (χ2v) is 1.43. The second-order valence-electron chi connectivity index (χ2n) is 1.43. The predicted octanol–water partition coefficient (Wildman–Crippen LogP) is -3.03. The summed E-state index contributed by atoms with van der Waals surface area (Å²) in [4.78, 5) is 27.3. The van der Waals surface area contributed by atoms with Crippen LogP contribution in [0.3, 0.4) is 0 Å². The summed E-state index contributed by atoms with van der Waals surface area (Å²) in [7, 11) is 0. The van der Waals surface area contributed by atoms with Crippen molar-refractivity contribution in [2.24, 2.45) is 11.5 Å². The number of carbonyl (C=O) groups is 3. The fourth-order valence-electron chi connectivity index (χ4n) is 0. The molecule has 0 radical (unpaired) electrons. The molecule has 0 spiro atoms. The first-order chi connectivity index (χ1) is 5.95.